The number of hydrogen-bond donors (Lipinski definition) is 1. The van der Waals surface area contributed by atoms with Crippen molar-refractivity contribution < 1.29 is 13.8 Å². The van der Waals surface area contributed by atoms with Gasteiger partial charge >= 0.3 is 0 Å². The Morgan fingerprint density at radius 1 is 0.871 bits per heavy atom. The van der Waals surface area contributed by atoms with Gasteiger partial charge in [0.15, 0.2) is 0 Å². The predicted molar refractivity (Wildman–Crippen MR) is 130 cm³/mol. The van der Waals surface area contributed by atoms with Gasteiger partial charge < -0.3 is 19.5 Å². The molecular formula is C25H31N2O3P. The summed E-state index contributed by atoms with van der Waals surface area (Å²) in [6, 6.07) is 25.2. The molecule has 0 saturated heterocycles. The van der Waals surface area contributed by atoms with Gasteiger partial charge in [0.05, 0.1) is 13.2 Å². The Balaban J connectivity index is 2.12. The number of anilines is 2. The molecule has 2 unspecified atom stereocenters. The number of ether oxygens (including phenoxy) is 1. The molecule has 5 nitrogen and oxygen atoms in total. The van der Waals surface area contributed by atoms with Gasteiger partial charge in [-0.1, -0.05) is 30.3 Å². The van der Waals surface area contributed by atoms with Crippen LogP contribution in [0.4, 0.5) is 11.4 Å². The summed E-state index contributed by atoms with van der Waals surface area (Å²) in [5.41, 5.74) is 2.78. The van der Waals surface area contributed by atoms with Gasteiger partial charge in [-0.15, -0.1) is 0 Å². The van der Waals surface area contributed by atoms with E-state index in [0.717, 1.165) is 22.7 Å². The molecule has 0 aliphatic rings. The zero-order chi connectivity index (χ0) is 22.4. The predicted octanol–water partition coefficient (Wildman–Crippen LogP) is 5.90. The fourth-order valence-corrected chi connectivity index (χ4v) is 6.00. The normalized spacial score (nSPS) is 14.0. The lowest BCUT2D eigenvalue weighted by Crippen LogP contribution is -2.22. The summed E-state index contributed by atoms with van der Waals surface area (Å²) in [6.07, 6.45) is -0.210. The van der Waals surface area contributed by atoms with Gasteiger partial charge in [0.2, 0.25) is 0 Å². The summed E-state index contributed by atoms with van der Waals surface area (Å²) < 4.78 is 26.2. The quantitative estimate of drug-likeness (QED) is 0.422. The maximum atomic E-state index is 14.6. The number of hydrogen-bond acceptors (Lipinski definition) is 5. The van der Waals surface area contributed by atoms with Crippen molar-refractivity contribution in [3.05, 3.63) is 84.4 Å². The van der Waals surface area contributed by atoms with Gasteiger partial charge in [-0.2, -0.15) is 0 Å². The molecule has 0 radical (unpaired) electrons. The second kappa shape index (κ2) is 10.0. The minimum Gasteiger partial charge on any atom is -0.497 e. The number of benzene rings is 3. The first kappa shape index (κ1) is 22.9. The van der Waals surface area contributed by atoms with Crippen LogP contribution in [-0.4, -0.2) is 27.3 Å². The van der Waals surface area contributed by atoms with E-state index in [9.17, 15) is 4.57 Å². The van der Waals surface area contributed by atoms with Crippen LogP contribution in [0.3, 0.4) is 0 Å². The van der Waals surface area contributed by atoms with Gasteiger partial charge in [-0.3, -0.25) is 4.57 Å². The van der Waals surface area contributed by atoms with Crippen LogP contribution in [0.5, 0.6) is 5.75 Å². The first-order valence-corrected chi connectivity index (χ1v) is 12.0. The summed E-state index contributed by atoms with van der Waals surface area (Å²) in [7, 11) is 2.23. The lowest BCUT2D eigenvalue weighted by Gasteiger charge is -2.31. The molecule has 0 aliphatic carbocycles. The highest BCUT2D eigenvalue weighted by molar-refractivity contribution is 7.67. The van der Waals surface area contributed by atoms with E-state index in [1.165, 1.54) is 0 Å². The van der Waals surface area contributed by atoms with Crippen LogP contribution in [0.15, 0.2) is 78.9 Å². The summed E-state index contributed by atoms with van der Waals surface area (Å²) in [5.74, 6) is 0.186. The Labute approximate surface area is 185 Å². The monoisotopic (exact) mass is 438 g/mol. The van der Waals surface area contributed by atoms with Crippen LogP contribution in [-0.2, 0) is 9.09 Å². The SMILES string of the molecule is COc1ccc(C(Nc2ccccc2)P(=O)(OC(C)C)c2ccc(N(C)C)cc2)cc1. The van der Waals surface area contributed by atoms with Crippen LogP contribution in [0.25, 0.3) is 0 Å². The van der Waals surface area contributed by atoms with Crippen LogP contribution >= 0.6 is 7.37 Å². The Morgan fingerprint density at radius 3 is 2.00 bits per heavy atom. The molecule has 0 saturated carbocycles. The zero-order valence-electron chi connectivity index (χ0n) is 18.8. The van der Waals surface area contributed by atoms with Gasteiger partial charge in [0, 0.05) is 30.8 Å². The molecule has 0 amide bonds. The number of nitrogens with one attached hydrogen (secondary N) is 1. The summed E-state index contributed by atoms with van der Waals surface area (Å²) in [6.45, 7) is 3.82. The van der Waals surface area contributed by atoms with E-state index in [0.29, 0.717) is 5.30 Å². The highest BCUT2D eigenvalue weighted by Crippen LogP contribution is 2.60. The Hall–Kier alpha value is -2.75. The Kier molecular flexibility index (Phi) is 7.42. The van der Waals surface area contributed by atoms with E-state index >= 15 is 0 Å². The molecule has 3 aromatic rings. The van der Waals surface area contributed by atoms with Crippen molar-refractivity contribution in [3.8, 4) is 5.75 Å². The largest absolute Gasteiger partial charge is 0.497 e. The zero-order valence-corrected chi connectivity index (χ0v) is 19.7. The van der Waals surface area contributed by atoms with Gasteiger partial charge in [-0.05, 0) is 67.9 Å². The highest BCUT2D eigenvalue weighted by Gasteiger charge is 2.38. The second-order valence-corrected chi connectivity index (χ2v) is 10.3. The molecule has 31 heavy (non-hydrogen) atoms. The van der Waals surface area contributed by atoms with Gasteiger partial charge in [-0.25, -0.2) is 0 Å². The Morgan fingerprint density at radius 2 is 1.48 bits per heavy atom. The molecule has 0 aromatic heterocycles. The standard InChI is InChI=1S/C25H31N2O3P/c1-19(2)30-31(28,24-17-13-22(14-18-24)27(3)4)25(26-21-9-7-6-8-10-21)20-11-15-23(29-5)16-12-20/h6-19,25-26H,1-5H3. The minimum absolute atomic E-state index is 0.210. The molecule has 0 fully saturated rings. The van der Waals surface area contributed by atoms with Crippen molar-refractivity contribution in [1.82, 2.24) is 0 Å². The third-order valence-corrected chi connectivity index (χ3v) is 7.80. The average molecular weight is 439 g/mol. The molecule has 3 aromatic carbocycles. The minimum atomic E-state index is -3.37. The van der Waals surface area contributed by atoms with E-state index in [2.05, 4.69) is 5.32 Å². The first-order chi connectivity index (χ1) is 14.8. The molecule has 2 atom stereocenters. The Bertz CT molecular complexity index is 1000. The fourth-order valence-electron chi connectivity index (χ4n) is 3.39. The topological polar surface area (TPSA) is 50.8 Å². The van der Waals surface area contributed by atoms with Crippen molar-refractivity contribution in [3.63, 3.8) is 0 Å². The smallest absolute Gasteiger partial charge is 0.258 e. The van der Waals surface area contributed by atoms with Crippen LogP contribution in [0, 0.1) is 0 Å². The summed E-state index contributed by atoms with van der Waals surface area (Å²) in [4.78, 5) is 2.02. The van der Waals surface area contributed by atoms with Crippen molar-refractivity contribution in [1.29, 1.82) is 0 Å². The number of methoxy groups -OCH3 is 1. The molecule has 6 heteroatoms. The highest BCUT2D eigenvalue weighted by atomic mass is 31.2. The number of rotatable bonds is 9. The van der Waals surface area contributed by atoms with Crippen LogP contribution < -0.4 is 20.3 Å². The average Bonchev–Trinajstić information content (AvgIpc) is 2.78. The maximum absolute atomic E-state index is 14.6. The summed E-state index contributed by atoms with van der Waals surface area (Å²) in [5, 5.41) is 4.15. The molecule has 3 rings (SSSR count). The van der Waals surface area contributed by atoms with Crippen LogP contribution in [0.1, 0.15) is 25.2 Å². The molecule has 1 N–H and O–H groups in total. The van der Waals surface area contributed by atoms with Gasteiger partial charge in [0.25, 0.3) is 7.37 Å². The summed E-state index contributed by atoms with van der Waals surface area (Å²) >= 11 is 0. The molecular weight excluding hydrogens is 407 g/mol. The lowest BCUT2D eigenvalue weighted by atomic mass is 10.2. The third-order valence-electron chi connectivity index (χ3n) is 4.94. The molecule has 0 spiro atoms. The van der Waals surface area contributed by atoms with Crippen molar-refractivity contribution in [2.75, 3.05) is 31.4 Å². The molecule has 164 valence electrons. The number of para-hydroxylation sites is 1. The van der Waals surface area contributed by atoms with E-state index in [1.807, 2.05) is 112 Å². The first-order valence-electron chi connectivity index (χ1n) is 10.3. The van der Waals surface area contributed by atoms with Gasteiger partial charge in [0.1, 0.15) is 11.5 Å². The molecule has 0 heterocycles. The molecule has 0 bridgehead atoms. The van der Waals surface area contributed by atoms with E-state index in [4.69, 9.17) is 9.26 Å². The van der Waals surface area contributed by atoms with E-state index in [1.54, 1.807) is 7.11 Å². The molecule has 0 aliphatic heterocycles. The van der Waals surface area contributed by atoms with E-state index in [-0.39, 0.29) is 6.10 Å². The van der Waals surface area contributed by atoms with E-state index < -0.39 is 13.2 Å². The van der Waals surface area contributed by atoms with Crippen molar-refractivity contribution >= 4 is 24.0 Å². The lowest BCUT2D eigenvalue weighted by molar-refractivity contribution is 0.245. The fraction of sp³-hybridized carbons (Fsp3) is 0.280. The third kappa shape index (κ3) is 5.49. The van der Waals surface area contributed by atoms with Crippen molar-refractivity contribution in [2.45, 2.75) is 25.7 Å². The van der Waals surface area contributed by atoms with Crippen LogP contribution in [0.2, 0.25) is 0 Å². The van der Waals surface area contributed by atoms with Crippen molar-refractivity contribution in [2.24, 2.45) is 0 Å². The maximum Gasteiger partial charge on any atom is 0.258 e. The second-order valence-electron chi connectivity index (χ2n) is 7.85. The number of nitrogens with zero attached hydrogens (tertiary/aromatic N) is 1.